The lowest BCUT2D eigenvalue weighted by atomic mass is 9.89. The van der Waals surface area contributed by atoms with Crippen molar-refractivity contribution in [2.45, 2.75) is 44.6 Å². The van der Waals surface area contributed by atoms with Crippen molar-refractivity contribution < 1.29 is 0 Å². The normalized spacial score (nSPS) is 28.8. The van der Waals surface area contributed by atoms with Crippen molar-refractivity contribution in [2.75, 3.05) is 36.4 Å². The summed E-state index contributed by atoms with van der Waals surface area (Å²) in [6.07, 6.45) is 10.3. The maximum absolute atomic E-state index is 4.51. The molecular weight excluding hydrogens is 272 g/mol. The van der Waals surface area contributed by atoms with Crippen LogP contribution >= 0.6 is 0 Å². The molecule has 3 heterocycles. The van der Waals surface area contributed by atoms with Gasteiger partial charge < -0.3 is 15.5 Å². The highest BCUT2D eigenvalue weighted by atomic mass is 15.2. The first-order valence-electron chi connectivity index (χ1n) is 9.07. The molecule has 3 fully saturated rings. The van der Waals surface area contributed by atoms with Crippen molar-refractivity contribution in [3.8, 4) is 0 Å². The minimum atomic E-state index is 0.701. The first-order valence-corrected chi connectivity index (χ1v) is 9.07. The summed E-state index contributed by atoms with van der Waals surface area (Å²) in [4.78, 5) is 7.04. The third-order valence-corrected chi connectivity index (χ3v) is 5.77. The van der Waals surface area contributed by atoms with Gasteiger partial charge in [-0.3, -0.25) is 0 Å². The molecule has 1 aromatic heterocycles. The van der Waals surface area contributed by atoms with Crippen LogP contribution in [0, 0.1) is 11.8 Å². The van der Waals surface area contributed by atoms with Crippen molar-refractivity contribution in [3.05, 3.63) is 18.3 Å². The van der Waals surface area contributed by atoms with Gasteiger partial charge in [-0.15, -0.1) is 0 Å². The molecule has 1 saturated carbocycles. The molecule has 3 aliphatic rings. The molecule has 0 bridgehead atoms. The van der Waals surface area contributed by atoms with E-state index >= 15 is 0 Å². The Morgan fingerprint density at radius 3 is 2.95 bits per heavy atom. The maximum atomic E-state index is 4.51. The smallest absolute Gasteiger partial charge is 0.127 e. The van der Waals surface area contributed by atoms with Gasteiger partial charge in [-0.2, -0.15) is 0 Å². The average Bonchev–Trinajstić information content (AvgIpc) is 3.16. The van der Waals surface area contributed by atoms with Crippen molar-refractivity contribution in [2.24, 2.45) is 11.8 Å². The van der Waals surface area contributed by atoms with Gasteiger partial charge in [0.1, 0.15) is 5.82 Å². The summed E-state index contributed by atoms with van der Waals surface area (Å²) in [5.74, 6) is 2.73. The van der Waals surface area contributed by atoms with Crippen LogP contribution < -0.4 is 15.5 Å². The van der Waals surface area contributed by atoms with Crippen LogP contribution in [0.4, 0.5) is 11.5 Å². The molecule has 0 amide bonds. The number of aromatic nitrogens is 1. The molecule has 4 heteroatoms. The Morgan fingerprint density at radius 1 is 1.18 bits per heavy atom. The van der Waals surface area contributed by atoms with E-state index < -0.39 is 0 Å². The topological polar surface area (TPSA) is 40.2 Å². The Bertz CT molecular complexity index is 486. The highest BCUT2D eigenvalue weighted by Crippen LogP contribution is 2.30. The van der Waals surface area contributed by atoms with E-state index in [2.05, 4.69) is 32.7 Å². The van der Waals surface area contributed by atoms with Crippen LogP contribution in [0.2, 0.25) is 0 Å². The number of hydrogen-bond donors (Lipinski definition) is 2. The Labute approximate surface area is 133 Å². The summed E-state index contributed by atoms with van der Waals surface area (Å²) in [5.41, 5.74) is 1.33. The van der Waals surface area contributed by atoms with Gasteiger partial charge in [0.2, 0.25) is 0 Å². The lowest BCUT2D eigenvalue weighted by Crippen LogP contribution is -2.30. The molecule has 2 N–H and O–H groups in total. The Kier molecular flexibility index (Phi) is 4.20. The van der Waals surface area contributed by atoms with E-state index in [-0.39, 0.29) is 0 Å². The lowest BCUT2D eigenvalue weighted by molar-refractivity contribution is 0.373. The Hall–Kier alpha value is -1.29. The molecule has 0 radical (unpaired) electrons. The van der Waals surface area contributed by atoms with Crippen molar-refractivity contribution in [1.29, 1.82) is 0 Å². The number of anilines is 2. The number of nitrogens with zero attached hydrogens (tertiary/aromatic N) is 2. The van der Waals surface area contributed by atoms with E-state index in [0.717, 1.165) is 30.7 Å². The quantitative estimate of drug-likeness (QED) is 0.897. The standard InChI is InChI=1S/C18H28N4/c1-2-4-14(5-3-1)11-21-18-10-16(7-9-20-18)22-12-15-6-8-19-17(15)13-22/h7,9-10,14-15,17,19H,1-6,8,11-13H2,(H,20,21). The molecule has 2 aliphatic heterocycles. The second-order valence-corrected chi connectivity index (χ2v) is 7.30. The fourth-order valence-corrected chi connectivity index (χ4v) is 4.41. The molecular formula is C18H28N4. The zero-order valence-corrected chi connectivity index (χ0v) is 13.4. The molecule has 1 aliphatic carbocycles. The summed E-state index contributed by atoms with van der Waals surface area (Å²) < 4.78 is 0. The first kappa shape index (κ1) is 14.3. The van der Waals surface area contributed by atoms with Gasteiger partial charge in [-0.1, -0.05) is 19.3 Å². The molecule has 0 aromatic carbocycles. The summed E-state index contributed by atoms with van der Waals surface area (Å²) in [5, 5.41) is 7.20. The average molecular weight is 300 g/mol. The molecule has 0 spiro atoms. The lowest BCUT2D eigenvalue weighted by Gasteiger charge is -2.23. The highest BCUT2D eigenvalue weighted by molar-refractivity contribution is 5.55. The van der Waals surface area contributed by atoms with E-state index in [1.165, 1.54) is 57.3 Å². The number of fused-ring (bicyclic) bond motifs is 1. The minimum Gasteiger partial charge on any atom is -0.370 e. The maximum Gasteiger partial charge on any atom is 0.127 e. The van der Waals surface area contributed by atoms with E-state index in [9.17, 15) is 0 Å². The van der Waals surface area contributed by atoms with E-state index in [1.807, 2.05) is 6.20 Å². The van der Waals surface area contributed by atoms with Crippen molar-refractivity contribution in [3.63, 3.8) is 0 Å². The first-order chi connectivity index (χ1) is 10.9. The highest BCUT2D eigenvalue weighted by Gasteiger charge is 2.35. The molecule has 22 heavy (non-hydrogen) atoms. The van der Waals surface area contributed by atoms with E-state index in [4.69, 9.17) is 0 Å². The van der Waals surface area contributed by atoms with Crippen molar-refractivity contribution in [1.82, 2.24) is 10.3 Å². The number of pyridine rings is 1. The summed E-state index contributed by atoms with van der Waals surface area (Å²) >= 11 is 0. The van der Waals surface area contributed by atoms with Crippen LogP contribution in [0.5, 0.6) is 0 Å². The molecule has 4 rings (SSSR count). The van der Waals surface area contributed by atoms with E-state index in [0.29, 0.717) is 6.04 Å². The second kappa shape index (κ2) is 6.45. The van der Waals surface area contributed by atoms with Gasteiger partial charge >= 0.3 is 0 Å². The Balaban J connectivity index is 1.36. The number of hydrogen-bond acceptors (Lipinski definition) is 4. The predicted molar refractivity (Wildman–Crippen MR) is 91.4 cm³/mol. The van der Waals surface area contributed by atoms with Gasteiger partial charge in [-0.25, -0.2) is 4.98 Å². The molecule has 4 nitrogen and oxygen atoms in total. The molecule has 2 unspecified atom stereocenters. The van der Waals surface area contributed by atoms with Gasteiger partial charge in [0.05, 0.1) is 0 Å². The summed E-state index contributed by atoms with van der Waals surface area (Å²) in [7, 11) is 0. The van der Waals surface area contributed by atoms with Crippen LogP contribution in [0.3, 0.4) is 0 Å². The van der Waals surface area contributed by atoms with Crippen LogP contribution in [0.25, 0.3) is 0 Å². The monoisotopic (exact) mass is 300 g/mol. The van der Waals surface area contributed by atoms with Crippen LogP contribution in [-0.4, -0.2) is 37.2 Å². The zero-order valence-electron chi connectivity index (χ0n) is 13.4. The number of rotatable bonds is 4. The zero-order chi connectivity index (χ0) is 14.8. The predicted octanol–water partition coefficient (Wildman–Crippen LogP) is 2.87. The van der Waals surface area contributed by atoms with Crippen LogP contribution in [0.15, 0.2) is 18.3 Å². The van der Waals surface area contributed by atoms with Crippen LogP contribution in [-0.2, 0) is 0 Å². The third kappa shape index (κ3) is 3.07. The molecule has 2 saturated heterocycles. The van der Waals surface area contributed by atoms with E-state index in [1.54, 1.807) is 0 Å². The third-order valence-electron chi connectivity index (χ3n) is 5.77. The SMILES string of the molecule is c1cc(N2CC3CCNC3C2)cc(NCC2CCCCC2)n1. The molecule has 120 valence electrons. The Morgan fingerprint density at radius 2 is 2.09 bits per heavy atom. The van der Waals surface area contributed by atoms with Crippen LogP contribution in [0.1, 0.15) is 38.5 Å². The van der Waals surface area contributed by atoms with Gasteiger partial charge in [-0.05, 0) is 43.7 Å². The van der Waals surface area contributed by atoms with Gasteiger partial charge in [0, 0.05) is 43.6 Å². The number of nitrogens with one attached hydrogen (secondary N) is 2. The summed E-state index contributed by atoms with van der Waals surface area (Å²) in [6.45, 7) is 4.64. The molecule has 2 atom stereocenters. The fraction of sp³-hybridized carbons (Fsp3) is 0.722. The fourth-order valence-electron chi connectivity index (χ4n) is 4.41. The minimum absolute atomic E-state index is 0.701. The second-order valence-electron chi connectivity index (χ2n) is 7.30. The molecule has 1 aromatic rings. The summed E-state index contributed by atoms with van der Waals surface area (Å²) in [6, 6.07) is 5.10. The largest absolute Gasteiger partial charge is 0.370 e. The van der Waals surface area contributed by atoms with Gasteiger partial charge in [0.25, 0.3) is 0 Å². The van der Waals surface area contributed by atoms with Crippen molar-refractivity contribution >= 4 is 11.5 Å². The van der Waals surface area contributed by atoms with Gasteiger partial charge in [0.15, 0.2) is 0 Å².